The van der Waals surface area contributed by atoms with Gasteiger partial charge in [-0.05, 0) is 61.5 Å². The Labute approximate surface area is 115 Å². The molecule has 2 fully saturated rings. The molecular formula is C16H23FN2. The van der Waals surface area contributed by atoms with Gasteiger partial charge >= 0.3 is 0 Å². The number of benzene rings is 1. The third-order valence-electron chi connectivity index (χ3n) is 4.92. The SMILES string of the molecule is CCC1C2CNCC2CN1Cc1ccc(F)cc1C. The third-order valence-corrected chi connectivity index (χ3v) is 4.92. The van der Waals surface area contributed by atoms with E-state index in [2.05, 4.69) is 17.1 Å². The van der Waals surface area contributed by atoms with Gasteiger partial charge in [0.15, 0.2) is 0 Å². The highest BCUT2D eigenvalue weighted by atomic mass is 19.1. The summed E-state index contributed by atoms with van der Waals surface area (Å²) in [6.07, 6.45) is 1.21. The number of hydrogen-bond donors (Lipinski definition) is 1. The Hall–Kier alpha value is -0.930. The topological polar surface area (TPSA) is 15.3 Å². The van der Waals surface area contributed by atoms with E-state index in [4.69, 9.17) is 0 Å². The molecule has 2 saturated heterocycles. The largest absolute Gasteiger partial charge is 0.316 e. The van der Waals surface area contributed by atoms with E-state index in [1.807, 2.05) is 13.0 Å². The maximum atomic E-state index is 13.2. The maximum absolute atomic E-state index is 13.2. The van der Waals surface area contributed by atoms with Gasteiger partial charge in [-0.15, -0.1) is 0 Å². The molecule has 1 aromatic carbocycles. The summed E-state index contributed by atoms with van der Waals surface area (Å²) in [6, 6.07) is 5.87. The van der Waals surface area contributed by atoms with Crippen LogP contribution in [0.4, 0.5) is 4.39 Å². The lowest BCUT2D eigenvalue weighted by Crippen LogP contribution is -2.34. The lowest BCUT2D eigenvalue weighted by atomic mass is 9.93. The van der Waals surface area contributed by atoms with Crippen LogP contribution in [0.15, 0.2) is 18.2 Å². The summed E-state index contributed by atoms with van der Waals surface area (Å²) in [4.78, 5) is 2.61. The normalized spacial score (nSPS) is 30.8. The van der Waals surface area contributed by atoms with Crippen LogP contribution in [-0.4, -0.2) is 30.6 Å². The minimum Gasteiger partial charge on any atom is -0.316 e. The van der Waals surface area contributed by atoms with Gasteiger partial charge in [-0.1, -0.05) is 13.0 Å². The van der Waals surface area contributed by atoms with E-state index in [1.165, 1.54) is 31.6 Å². The highest BCUT2D eigenvalue weighted by Crippen LogP contribution is 2.35. The minimum absolute atomic E-state index is 0.129. The average molecular weight is 262 g/mol. The van der Waals surface area contributed by atoms with E-state index >= 15 is 0 Å². The van der Waals surface area contributed by atoms with Crippen molar-refractivity contribution < 1.29 is 4.39 Å². The van der Waals surface area contributed by atoms with Gasteiger partial charge in [0.2, 0.25) is 0 Å². The zero-order valence-corrected chi connectivity index (χ0v) is 11.8. The van der Waals surface area contributed by atoms with Crippen LogP contribution in [0.5, 0.6) is 0 Å². The van der Waals surface area contributed by atoms with Gasteiger partial charge in [-0.2, -0.15) is 0 Å². The molecular weight excluding hydrogens is 239 g/mol. The van der Waals surface area contributed by atoms with Crippen molar-refractivity contribution in [2.24, 2.45) is 11.8 Å². The Kier molecular flexibility index (Phi) is 3.59. The van der Waals surface area contributed by atoms with Crippen molar-refractivity contribution in [3.8, 4) is 0 Å². The van der Waals surface area contributed by atoms with E-state index in [1.54, 1.807) is 12.1 Å². The van der Waals surface area contributed by atoms with Gasteiger partial charge in [0.25, 0.3) is 0 Å². The lowest BCUT2D eigenvalue weighted by molar-refractivity contribution is 0.210. The molecule has 3 atom stereocenters. The second-order valence-corrected chi connectivity index (χ2v) is 6.06. The van der Waals surface area contributed by atoms with Crippen molar-refractivity contribution in [2.45, 2.75) is 32.9 Å². The summed E-state index contributed by atoms with van der Waals surface area (Å²) in [5.74, 6) is 1.49. The first-order valence-electron chi connectivity index (χ1n) is 7.39. The van der Waals surface area contributed by atoms with Crippen molar-refractivity contribution in [2.75, 3.05) is 19.6 Å². The van der Waals surface area contributed by atoms with Crippen LogP contribution in [0.1, 0.15) is 24.5 Å². The molecule has 2 aliphatic rings. The number of rotatable bonds is 3. The number of nitrogens with one attached hydrogen (secondary N) is 1. The zero-order chi connectivity index (χ0) is 13.4. The minimum atomic E-state index is -0.129. The standard InChI is InChI=1S/C16H23FN2/c1-3-16-15-8-18-7-13(15)10-19(16)9-12-4-5-14(17)6-11(12)2/h4-6,13,15-16,18H,3,7-10H2,1-2H3. The fraction of sp³-hybridized carbons (Fsp3) is 0.625. The highest BCUT2D eigenvalue weighted by Gasteiger charge is 2.42. The van der Waals surface area contributed by atoms with Crippen LogP contribution in [0.25, 0.3) is 0 Å². The Morgan fingerprint density at radius 3 is 2.95 bits per heavy atom. The van der Waals surface area contributed by atoms with E-state index < -0.39 is 0 Å². The first kappa shape index (κ1) is 13.1. The fourth-order valence-corrected chi connectivity index (χ4v) is 3.91. The predicted molar refractivity (Wildman–Crippen MR) is 75.5 cm³/mol. The van der Waals surface area contributed by atoms with Crippen LogP contribution in [0, 0.1) is 24.6 Å². The number of hydrogen-bond acceptors (Lipinski definition) is 2. The van der Waals surface area contributed by atoms with Crippen LogP contribution >= 0.6 is 0 Å². The molecule has 0 saturated carbocycles. The van der Waals surface area contributed by atoms with Gasteiger partial charge in [0, 0.05) is 19.1 Å². The van der Waals surface area contributed by atoms with Crippen LogP contribution < -0.4 is 5.32 Å². The smallest absolute Gasteiger partial charge is 0.123 e. The molecule has 104 valence electrons. The van der Waals surface area contributed by atoms with Gasteiger partial charge in [0.05, 0.1) is 0 Å². The second-order valence-electron chi connectivity index (χ2n) is 6.06. The molecule has 3 rings (SSSR count). The van der Waals surface area contributed by atoms with Crippen molar-refractivity contribution >= 4 is 0 Å². The molecule has 0 aliphatic carbocycles. The first-order valence-corrected chi connectivity index (χ1v) is 7.39. The maximum Gasteiger partial charge on any atom is 0.123 e. The molecule has 0 aromatic heterocycles. The summed E-state index contributed by atoms with van der Waals surface area (Å²) in [5, 5.41) is 3.52. The molecule has 0 amide bonds. The Bertz CT molecular complexity index is 460. The van der Waals surface area contributed by atoms with Crippen molar-refractivity contribution in [1.29, 1.82) is 0 Å². The molecule has 0 bridgehead atoms. The molecule has 1 N–H and O–H groups in total. The van der Waals surface area contributed by atoms with Crippen molar-refractivity contribution in [3.05, 3.63) is 35.1 Å². The molecule has 2 heterocycles. The fourth-order valence-electron chi connectivity index (χ4n) is 3.91. The van der Waals surface area contributed by atoms with Crippen molar-refractivity contribution in [1.82, 2.24) is 10.2 Å². The second kappa shape index (κ2) is 5.22. The number of likely N-dealkylation sites (tertiary alicyclic amines) is 1. The van der Waals surface area contributed by atoms with Crippen LogP contribution in [0.3, 0.4) is 0 Å². The number of fused-ring (bicyclic) bond motifs is 1. The Morgan fingerprint density at radius 2 is 2.21 bits per heavy atom. The van der Waals surface area contributed by atoms with E-state index in [9.17, 15) is 4.39 Å². The number of nitrogens with zero attached hydrogens (tertiary/aromatic N) is 1. The third kappa shape index (κ3) is 2.41. The van der Waals surface area contributed by atoms with Gasteiger partial charge in [-0.25, -0.2) is 4.39 Å². The van der Waals surface area contributed by atoms with E-state index in [0.717, 1.165) is 23.9 Å². The first-order chi connectivity index (χ1) is 9.19. The predicted octanol–water partition coefficient (Wildman–Crippen LogP) is 2.56. The average Bonchev–Trinajstić information content (AvgIpc) is 2.92. The molecule has 0 spiro atoms. The van der Waals surface area contributed by atoms with Gasteiger partial charge in [-0.3, -0.25) is 4.90 Å². The zero-order valence-electron chi connectivity index (χ0n) is 11.8. The Morgan fingerprint density at radius 1 is 1.37 bits per heavy atom. The van der Waals surface area contributed by atoms with Crippen LogP contribution in [0.2, 0.25) is 0 Å². The van der Waals surface area contributed by atoms with Gasteiger partial charge < -0.3 is 5.32 Å². The summed E-state index contributed by atoms with van der Waals surface area (Å²) in [5.41, 5.74) is 2.35. The van der Waals surface area contributed by atoms with Crippen LogP contribution in [-0.2, 0) is 6.54 Å². The highest BCUT2D eigenvalue weighted by molar-refractivity contribution is 5.26. The molecule has 19 heavy (non-hydrogen) atoms. The summed E-state index contributed by atoms with van der Waals surface area (Å²) < 4.78 is 13.2. The molecule has 2 nitrogen and oxygen atoms in total. The molecule has 3 unspecified atom stereocenters. The van der Waals surface area contributed by atoms with E-state index in [-0.39, 0.29) is 5.82 Å². The summed E-state index contributed by atoms with van der Waals surface area (Å²) in [6.45, 7) is 8.79. The molecule has 0 radical (unpaired) electrons. The van der Waals surface area contributed by atoms with Gasteiger partial charge in [0.1, 0.15) is 5.82 Å². The number of halogens is 1. The molecule has 3 heteroatoms. The van der Waals surface area contributed by atoms with E-state index in [0.29, 0.717) is 6.04 Å². The summed E-state index contributed by atoms with van der Waals surface area (Å²) >= 11 is 0. The monoisotopic (exact) mass is 262 g/mol. The summed E-state index contributed by atoms with van der Waals surface area (Å²) in [7, 11) is 0. The lowest BCUT2D eigenvalue weighted by Gasteiger charge is -2.27. The van der Waals surface area contributed by atoms with Crippen molar-refractivity contribution in [3.63, 3.8) is 0 Å². The quantitative estimate of drug-likeness (QED) is 0.900. The molecule has 2 aliphatic heterocycles. The molecule has 1 aromatic rings. The Balaban J connectivity index is 1.76. The number of aryl methyl sites for hydroxylation is 1.